The number of aliphatic hydroxyl groups is 2. The van der Waals surface area contributed by atoms with E-state index in [9.17, 15) is 19.8 Å². The third kappa shape index (κ3) is 77.3. The first-order valence-corrected chi connectivity index (χ1v) is 42.6. The number of hydrogen-bond acceptors (Lipinski definition) is 5. The normalized spacial score (nSPS) is 12.5. The molecule has 0 aromatic rings. The van der Waals surface area contributed by atoms with Gasteiger partial charge in [-0.25, -0.2) is 0 Å². The molecular formula is C86H167NO5. The van der Waals surface area contributed by atoms with Crippen molar-refractivity contribution < 1.29 is 24.5 Å². The minimum Gasteiger partial charge on any atom is -0.466 e. The molecule has 0 heterocycles. The van der Waals surface area contributed by atoms with Gasteiger partial charge >= 0.3 is 5.97 Å². The zero-order chi connectivity index (χ0) is 66.3. The molecule has 6 nitrogen and oxygen atoms in total. The van der Waals surface area contributed by atoms with Crippen molar-refractivity contribution in [3.05, 3.63) is 24.3 Å². The van der Waals surface area contributed by atoms with E-state index >= 15 is 0 Å². The fourth-order valence-corrected chi connectivity index (χ4v) is 13.8. The van der Waals surface area contributed by atoms with Gasteiger partial charge in [0.25, 0.3) is 0 Å². The predicted molar refractivity (Wildman–Crippen MR) is 407 cm³/mol. The topological polar surface area (TPSA) is 95.9 Å². The van der Waals surface area contributed by atoms with E-state index < -0.39 is 12.1 Å². The van der Waals surface area contributed by atoms with Gasteiger partial charge in [0.15, 0.2) is 0 Å². The average Bonchev–Trinajstić information content (AvgIpc) is 3.57. The third-order valence-electron chi connectivity index (χ3n) is 20.2. The van der Waals surface area contributed by atoms with Crippen LogP contribution >= 0.6 is 0 Å². The second-order valence-corrected chi connectivity index (χ2v) is 29.5. The molecule has 0 aliphatic heterocycles. The van der Waals surface area contributed by atoms with Crippen LogP contribution in [0.3, 0.4) is 0 Å². The summed E-state index contributed by atoms with van der Waals surface area (Å²) >= 11 is 0. The van der Waals surface area contributed by atoms with Gasteiger partial charge in [-0.15, -0.1) is 0 Å². The van der Waals surface area contributed by atoms with Crippen LogP contribution in [-0.4, -0.2) is 47.4 Å². The van der Waals surface area contributed by atoms with Crippen molar-refractivity contribution in [2.45, 2.75) is 501 Å². The first kappa shape index (κ1) is 90.3. The first-order valence-electron chi connectivity index (χ1n) is 42.6. The number of unbranched alkanes of at least 4 members (excludes halogenated alkanes) is 68. The molecular weight excluding hydrogens is 1130 g/mol. The van der Waals surface area contributed by atoms with Crippen molar-refractivity contribution in [3.8, 4) is 0 Å². The fraction of sp³-hybridized carbons (Fsp3) is 0.930. The maximum Gasteiger partial charge on any atom is 0.305 e. The zero-order valence-electron chi connectivity index (χ0n) is 62.8. The van der Waals surface area contributed by atoms with E-state index in [1.54, 1.807) is 6.08 Å². The Labute approximate surface area is 577 Å². The van der Waals surface area contributed by atoms with Gasteiger partial charge in [0.2, 0.25) is 5.91 Å². The Balaban J connectivity index is 3.31. The number of amides is 1. The van der Waals surface area contributed by atoms with Crippen LogP contribution in [0.25, 0.3) is 0 Å². The number of allylic oxidation sites excluding steroid dienone is 3. The van der Waals surface area contributed by atoms with Gasteiger partial charge in [0.1, 0.15) is 0 Å². The number of nitrogens with one attached hydrogen (secondary N) is 1. The molecule has 0 bridgehead atoms. The summed E-state index contributed by atoms with van der Waals surface area (Å²) in [5, 5.41) is 23.3. The lowest BCUT2D eigenvalue weighted by molar-refractivity contribution is -0.143. The highest BCUT2D eigenvalue weighted by molar-refractivity contribution is 5.76. The van der Waals surface area contributed by atoms with Crippen LogP contribution in [-0.2, 0) is 14.3 Å². The van der Waals surface area contributed by atoms with E-state index in [0.717, 1.165) is 44.9 Å². The van der Waals surface area contributed by atoms with Crippen LogP contribution in [0.15, 0.2) is 24.3 Å². The van der Waals surface area contributed by atoms with Crippen LogP contribution in [0, 0.1) is 0 Å². The zero-order valence-corrected chi connectivity index (χ0v) is 62.8. The van der Waals surface area contributed by atoms with Gasteiger partial charge in [-0.2, -0.15) is 0 Å². The average molecular weight is 1300 g/mol. The lowest BCUT2D eigenvalue weighted by Crippen LogP contribution is -2.45. The first-order chi connectivity index (χ1) is 45.5. The molecule has 0 aromatic heterocycles. The highest BCUT2D eigenvalue weighted by Crippen LogP contribution is 2.21. The molecule has 6 heteroatoms. The SMILES string of the molecule is CCCCCCCCC/C=C\CCCCCCCC(=O)OCCCCCCCCCCCCCCCCCCCCCCCCCCCCCCCCCCCCCCCCCC(=O)NC(CO)C(O)/C=C/CCCCCCCCCCCCCCCCCCCC. The van der Waals surface area contributed by atoms with Crippen molar-refractivity contribution in [3.63, 3.8) is 0 Å². The number of aliphatic hydroxyl groups excluding tert-OH is 2. The van der Waals surface area contributed by atoms with E-state index in [2.05, 4.69) is 31.3 Å². The molecule has 0 spiro atoms. The van der Waals surface area contributed by atoms with E-state index in [-0.39, 0.29) is 18.5 Å². The quantitative estimate of drug-likeness (QED) is 0.0320. The maximum atomic E-state index is 12.5. The molecule has 2 atom stereocenters. The second kappa shape index (κ2) is 81.8. The minimum atomic E-state index is -0.841. The molecule has 0 saturated carbocycles. The number of rotatable bonds is 81. The molecule has 92 heavy (non-hydrogen) atoms. The molecule has 1 amide bonds. The van der Waals surface area contributed by atoms with Crippen LogP contribution in [0.4, 0.5) is 0 Å². The molecule has 0 radical (unpaired) electrons. The van der Waals surface area contributed by atoms with E-state index in [1.807, 2.05) is 6.08 Å². The van der Waals surface area contributed by atoms with Crippen molar-refractivity contribution in [1.82, 2.24) is 5.32 Å². The summed E-state index contributed by atoms with van der Waals surface area (Å²) in [5.74, 6) is -0.0393. The van der Waals surface area contributed by atoms with Crippen LogP contribution < -0.4 is 5.32 Å². The van der Waals surface area contributed by atoms with Gasteiger partial charge < -0.3 is 20.3 Å². The molecule has 2 unspecified atom stereocenters. The van der Waals surface area contributed by atoms with Crippen molar-refractivity contribution in [2.24, 2.45) is 0 Å². The summed E-state index contributed by atoms with van der Waals surface area (Å²) < 4.78 is 5.51. The number of ether oxygens (including phenoxy) is 1. The molecule has 3 N–H and O–H groups in total. The van der Waals surface area contributed by atoms with Gasteiger partial charge in [0.05, 0.1) is 25.4 Å². The summed E-state index contributed by atoms with van der Waals surface area (Å²) in [4.78, 5) is 24.6. The summed E-state index contributed by atoms with van der Waals surface area (Å²) in [6.45, 7) is 4.96. The highest BCUT2D eigenvalue weighted by atomic mass is 16.5. The van der Waals surface area contributed by atoms with Crippen LogP contribution in [0.5, 0.6) is 0 Å². The Morgan fingerprint density at radius 1 is 0.293 bits per heavy atom. The van der Waals surface area contributed by atoms with Crippen LogP contribution in [0.1, 0.15) is 489 Å². The van der Waals surface area contributed by atoms with E-state index in [4.69, 9.17) is 4.74 Å². The molecule has 0 fully saturated rings. The summed E-state index contributed by atoms with van der Waals surface area (Å²) in [5.41, 5.74) is 0. The minimum absolute atomic E-state index is 0.0175. The van der Waals surface area contributed by atoms with Crippen molar-refractivity contribution in [2.75, 3.05) is 13.2 Å². The Morgan fingerprint density at radius 2 is 0.511 bits per heavy atom. The van der Waals surface area contributed by atoms with Crippen LogP contribution in [0.2, 0.25) is 0 Å². The number of hydrogen-bond donors (Lipinski definition) is 3. The lowest BCUT2D eigenvalue weighted by Gasteiger charge is -2.20. The standard InChI is InChI=1S/C86H167NO5/c1-3-5-7-9-11-13-15-17-19-21-22-44-47-50-54-58-62-66-70-74-78-84(89)83(82-88)87-85(90)79-75-71-67-63-59-55-51-48-45-42-40-38-36-34-32-30-28-26-24-23-25-27-29-31-33-35-37-39-41-43-46-49-53-57-61-65-69-73-77-81-92-86(91)80-76-72-68-64-60-56-52-20-18-16-14-12-10-8-6-4-2/h20,52,74,78,83-84,88-89H,3-19,21-51,53-73,75-77,79-82H2,1-2H3,(H,87,90)/b52-20-,78-74+. The molecule has 0 aliphatic carbocycles. The molecule has 0 saturated heterocycles. The predicted octanol–water partition coefficient (Wildman–Crippen LogP) is 28.4. The monoisotopic (exact) mass is 1290 g/mol. The van der Waals surface area contributed by atoms with Crippen molar-refractivity contribution >= 4 is 11.9 Å². The Hall–Kier alpha value is -1.66. The molecule has 0 aliphatic rings. The Morgan fingerprint density at radius 3 is 0.772 bits per heavy atom. The highest BCUT2D eigenvalue weighted by Gasteiger charge is 2.18. The number of carbonyl (C=O) groups is 2. The lowest BCUT2D eigenvalue weighted by atomic mass is 10.0. The molecule has 0 rings (SSSR count). The molecule has 0 aromatic carbocycles. The summed E-state index contributed by atoms with van der Waals surface area (Å²) in [6.07, 6.45) is 106. The fourth-order valence-electron chi connectivity index (χ4n) is 13.8. The Bertz CT molecular complexity index is 1450. The third-order valence-corrected chi connectivity index (χ3v) is 20.2. The largest absolute Gasteiger partial charge is 0.466 e. The molecule has 546 valence electrons. The summed E-state index contributed by atoms with van der Waals surface area (Å²) in [7, 11) is 0. The number of carbonyl (C=O) groups excluding carboxylic acids is 2. The van der Waals surface area contributed by atoms with Gasteiger partial charge in [-0.1, -0.05) is 443 Å². The van der Waals surface area contributed by atoms with Gasteiger partial charge in [0, 0.05) is 12.8 Å². The smallest absolute Gasteiger partial charge is 0.305 e. The Kier molecular flexibility index (Phi) is 80.3. The van der Waals surface area contributed by atoms with Gasteiger partial charge in [-0.3, -0.25) is 9.59 Å². The number of esters is 1. The summed E-state index contributed by atoms with van der Waals surface area (Å²) in [6, 6.07) is -0.624. The van der Waals surface area contributed by atoms with E-state index in [1.165, 1.54) is 417 Å². The van der Waals surface area contributed by atoms with E-state index in [0.29, 0.717) is 19.4 Å². The maximum absolute atomic E-state index is 12.5. The van der Waals surface area contributed by atoms with Crippen molar-refractivity contribution in [1.29, 1.82) is 0 Å². The van der Waals surface area contributed by atoms with Gasteiger partial charge in [-0.05, 0) is 57.8 Å². The second-order valence-electron chi connectivity index (χ2n) is 29.5.